The van der Waals surface area contributed by atoms with Crippen LogP contribution in [-0.2, 0) is 5.41 Å². The predicted octanol–water partition coefficient (Wildman–Crippen LogP) is 6.08. The third-order valence-electron chi connectivity index (χ3n) is 3.54. The highest BCUT2D eigenvalue weighted by Crippen LogP contribution is 2.34. The van der Waals surface area contributed by atoms with Gasteiger partial charge in [0.1, 0.15) is 5.75 Å². The molecule has 112 valence electrons. The fourth-order valence-electron chi connectivity index (χ4n) is 2.18. The van der Waals surface area contributed by atoms with Crippen molar-refractivity contribution in [2.24, 2.45) is 0 Å². The lowest BCUT2D eigenvalue weighted by Crippen LogP contribution is -2.10. The highest BCUT2D eigenvalue weighted by molar-refractivity contribution is 9.10. The van der Waals surface area contributed by atoms with E-state index >= 15 is 0 Å². The van der Waals surface area contributed by atoms with Crippen molar-refractivity contribution in [1.82, 2.24) is 0 Å². The standard InChI is InChI=1S/C18H20BrClO/c1-18(2,3)14-8-5-12(6-9-14)17(20)13-7-10-16(21-4)15(19)11-13/h5-11,17H,1-4H3. The van der Waals surface area contributed by atoms with Gasteiger partial charge in [-0.15, -0.1) is 11.6 Å². The average Bonchev–Trinajstić information content (AvgIpc) is 2.45. The summed E-state index contributed by atoms with van der Waals surface area (Å²) in [6.45, 7) is 6.63. The molecule has 0 bridgehead atoms. The minimum absolute atomic E-state index is 0.156. The SMILES string of the molecule is COc1ccc(C(Cl)c2ccc(C(C)(C)C)cc2)cc1Br. The van der Waals surface area contributed by atoms with Crippen LogP contribution in [0, 0.1) is 0 Å². The zero-order chi connectivity index (χ0) is 15.6. The molecule has 3 heteroatoms. The van der Waals surface area contributed by atoms with Crippen molar-refractivity contribution in [3.05, 3.63) is 63.6 Å². The highest BCUT2D eigenvalue weighted by atomic mass is 79.9. The van der Waals surface area contributed by atoms with E-state index in [1.54, 1.807) is 7.11 Å². The fourth-order valence-corrected chi connectivity index (χ4v) is 3.02. The van der Waals surface area contributed by atoms with Crippen LogP contribution in [0.3, 0.4) is 0 Å². The number of hydrogen-bond donors (Lipinski definition) is 0. The van der Waals surface area contributed by atoms with Crippen LogP contribution in [0.5, 0.6) is 5.75 Å². The van der Waals surface area contributed by atoms with Gasteiger partial charge in [0.25, 0.3) is 0 Å². The molecule has 1 nitrogen and oxygen atoms in total. The van der Waals surface area contributed by atoms with Crippen molar-refractivity contribution < 1.29 is 4.74 Å². The van der Waals surface area contributed by atoms with E-state index in [9.17, 15) is 0 Å². The Morgan fingerprint density at radius 3 is 2.05 bits per heavy atom. The van der Waals surface area contributed by atoms with E-state index in [1.807, 2.05) is 18.2 Å². The number of rotatable bonds is 3. The van der Waals surface area contributed by atoms with E-state index in [-0.39, 0.29) is 10.8 Å². The summed E-state index contributed by atoms with van der Waals surface area (Å²) < 4.78 is 6.16. The van der Waals surface area contributed by atoms with Crippen LogP contribution < -0.4 is 4.74 Å². The van der Waals surface area contributed by atoms with Gasteiger partial charge in [-0.25, -0.2) is 0 Å². The van der Waals surface area contributed by atoms with E-state index in [4.69, 9.17) is 16.3 Å². The summed E-state index contributed by atoms with van der Waals surface area (Å²) in [4.78, 5) is 0. The number of benzene rings is 2. The first kappa shape index (κ1) is 16.4. The molecule has 0 spiro atoms. The third kappa shape index (κ3) is 3.81. The summed E-state index contributed by atoms with van der Waals surface area (Å²) in [5.41, 5.74) is 3.62. The lowest BCUT2D eigenvalue weighted by molar-refractivity contribution is 0.412. The molecule has 2 rings (SSSR count). The van der Waals surface area contributed by atoms with Crippen LogP contribution in [0.15, 0.2) is 46.9 Å². The van der Waals surface area contributed by atoms with E-state index < -0.39 is 0 Å². The van der Waals surface area contributed by atoms with Gasteiger partial charge < -0.3 is 4.74 Å². The molecular formula is C18H20BrClO. The quantitative estimate of drug-likeness (QED) is 0.597. The summed E-state index contributed by atoms with van der Waals surface area (Å²) in [6, 6.07) is 14.5. The van der Waals surface area contributed by atoms with Gasteiger partial charge >= 0.3 is 0 Å². The average molecular weight is 368 g/mol. The van der Waals surface area contributed by atoms with Crippen molar-refractivity contribution in [1.29, 1.82) is 0 Å². The molecule has 1 unspecified atom stereocenters. The van der Waals surface area contributed by atoms with Crippen LogP contribution in [0.1, 0.15) is 42.8 Å². The first-order valence-corrected chi connectivity index (χ1v) is 8.14. The molecule has 1 atom stereocenters. The molecule has 0 aromatic heterocycles. The molecule has 0 radical (unpaired) electrons. The summed E-state index contributed by atoms with van der Waals surface area (Å²) in [7, 11) is 1.66. The monoisotopic (exact) mass is 366 g/mol. The van der Waals surface area contributed by atoms with Crippen molar-refractivity contribution >= 4 is 27.5 Å². The largest absolute Gasteiger partial charge is 0.496 e. The maximum atomic E-state index is 6.60. The first-order chi connectivity index (χ1) is 9.82. The van der Waals surface area contributed by atoms with E-state index in [0.717, 1.165) is 21.3 Å². The van der Waals surface area contributed by atoms with E-state index in [0.29, 0.717) is 0 Å². The lowest BCUT2D eigenvalue weighted by Gasteiger charge is -2.20. The fraction of sp³-hybridized carbons (Fsp3) is 0.333. The second-order valence-electron chi connectivity index (χ2n) is 6.13. The lowest BCUT2D eigenvalue weighted by atomic mass is 9.86. The molecule has 2 aromatic carbocycles. The normalized spacial score (nSPS) is 13.0. The molecule has 21 heavy (non-hydrogen) atoms. The van der Waals surface area contributed by atoms with E-state index in [1.165, 1.54) is 5.56 Å². The molecule has 0 amide bonds. The van der Waals surface area contributed by atoms with Gasteiger partial charge in [-0.3, -0.25) is 0 Å². The second kappa shape index (κ2) is 6.41. The summed E-state index contributed by atoms with van der Waals surface area (Å²) in [6.07, 6.45) is 0. The van der Waals surface area contributed by atoms with Crippen molar-refractivity contribution in [2.75, 3.05) is 7.11 Å². The minimum atomic E-state index is -0.166. The Bertz CT molecular complexity index is 614. The van der Waals surface area contributed by atoms with Crippen LogP contribution >= 0.6 is 27.5 Å². The maximum absolute atomic E-state index is 6.60. The van der Waals surface area contributed by atoms with Crippen molar-refractivity contribution in [3.8, 4) is 5.75 Å². The number of methoxy groups -OCH3 is 1. The van der Waals surface area contributed by atoms with Gasteiger partial charge in [0.15, 0.2) is 0 Å². The van der Waals surface area contributed by atoms with Crippen molar-refractivity contribution in [3.63, 3.8) is 0 Å². The van der Waals surface area contributed by atoms with Gasteiger partial charge in [-0.2, -0.15) is 0 Å². The highest BCUT2D eigenvalue weighted by Gasteiger charge is 2.16. The zero-order valence-corrected chi connectivity index (χ0v) is 15.1. The molecule has 0 aliphatic heterocycles. The topological polar surface area (TPSA) is 9.23 Å². The maximum Gasteiger partial charge on any atom is 0.133 e. The van der Waals surface area contributed by atoms with Gasteiger partial charge in [0.2, 0.25) is 0 Å². The Kier molecular flexibility index (Phi) is 5.00. The van der Waals surface area contributed by atoms with Gasteiger partial charge in [0.05, 0.1) is 17.0 Å². The summed E-state index contributed by atoms with van der Waals surface area (Å²) in [5.74, 6) is 0.811. The van der Waals surface area contributed by atoms with Crippen LogP contribution in [0.4, 0.5) is 0 Å². The number of halogens is 2. The molecular weight excluding hydrogens is 348 g/mol. The molecule has 0 N–H and O–H groups in total. The molecule has 0 heterocycles. The number of hydrogen-bond acceptors (Lipinski definition) is 1. The Labute approximate surface area is 140 Å². The summed E-state index contributed by atoms with van der Waals surface area (Å²) >= 11 is 10.1. The predicted molar refractivity (Wildman–Crippen MR) is 93.5 cm³/mol. The van der Waals surface area contributed by atoms with Gasteiger partial charge in [-0.05, 0) is 50.2 Å². The molecule has 0 saturated heterocycles. The smallest absolute Gasteiger partial charge is 0.133 e. The second-order valence-corrected chi connectivity index (χ2v) is 7.42. The number of alkyl halides is 1. The summed E-state index contributed by atoms with van der Waals surface area (Å²) in [5, 5.41) is -0.166. The molecule has 0 aliphatic rings. The third-order valence-corrected chi connectivity index (χ3v) is 4.66. The van der Waals surface area contributed by atoms with Crippen LogP contribution in [0.2, 0.25) is 0 Å². The Hall–Kier alpha value is -0.990. The van der Waals surface area contributed by atoms with Crippen molar-refractivity contribution in [2.45, 2.75) is 31.6 Å². The Morgan fingerprint density at radius 2 is 1.57 bits per heavy atom. The minimum Gasteiger partial charge on any atom is -0.496 e. The molecule has 0 aliphatic carbocycles. The van der Waals surface area contributed by atoms with Gasteiger partial charge in [0, 0.05) is 0 Å². The van der Waals surface area contributed by atoms with Gasteiger partial charge in [-0.1, -0.05) is 51.1 Å². The first-order valence-electron chi connectivity index (χ1n) is 6.91. The molecule has 0 fully saturated rings. The zero-order valence-electron chi connectivity index (χ0n) is 12.8. The van der Waals surface area contributed by atoms with Crippen LogP contribution in [-0.4, -0.2) is 7.11 Å². The molecule has 0 saturated carbocycles. The molecule has 2 aromatic rings. The van der Waals surface area contributed by atoms with E-state index in [2.05, 4.69) is 61.0 Å². The Balaban J connectivity index is 2.27. The Morgan fingerprint density at radius 1 is 1.00 bits per heavy atom. The van der Waals surface area contributed by atoms with Crippen LogP contribution in [0.25, 0.3) is 0 Å². The number of ether oxygens (including phenoxy) is 1.